The Morgan fingerprint density at radius 3 is 2.52 bits per heavy atom. The lowest BCUT2D eigenvalue weighted by atomic mass is 10.2. The molecule has 1 atom stereocenters. The summed E-state index contributed by atoms with van der Waals surface area (Å²) in [6.07, 6.45) is -0.483. The van der Waals surface area contributed by atoms with E-state index in [2.05, 4.69) is 26.9 Å². The highest BCUT2D eigenvalue weighted by Gasteiger charge is 2.20. The van der Waals surface area contributed by atoms with Gasteiger partial charge in [0.15, 0.2) is 0 Å². The monoisotopic (exact) mass is 341 g/mol. The van der Waals surface area contributed by atoms with E-state index in [1.165, 1.54) is 0 Å². The number of hydrogen-bond acceptors (Lipinski definition) is 5. The van der Waals surface area contributed by atoms with Crippen molar-refractivity contribution in [3.63, 3.8) is 0 Å². The Bertz CT molecular complexity index is 684. The molecule has 1 aromatic heterocycles. The molecule has 1 aromatic carbocycles. The summed E-state index contributed by atoms with van der Waals surface area (Å²) in [5.74, 6) is 1.89. The summed E-state index contributed by atoms with van der Waals surface area (Å²) >= 11 is 0. The van der Waals surface area contributed by atoms with Crippen LogP contribution in [-0.4, -0.2) is 60.4 Å². The van der Waals surface area contributed by atoms with Gasteiger partial charge < -0.3 is 14.7 Å². The highest BCUT2D eigenvalue weighted by atomic mass is 16.5. The number of aliphatic hydroxyl groups excluding tert-OH is 1. The number of para-hydroxylation sites is 1. The maximum absolute atomic E-state index is 10.3. The van der Waals surface area contributed by atoms with Crippen molar-refractivity contribution in [1.82, 2.24) is 9.88 Å². The van der Waals surface area contributed by atoms with Gasteiger partial charge in [-0.15, -0.1) is 0 Å². The maximum Gasteiger partial charge on any atom is 0.128 e. The Balaban J connectivity index is 1.43. The van der Waals surface area contributed by atoms with E-state index in [0.29, 0.717) is 13.2 Å². The molecule has 134 valence electrons. The third-order valence-corrected chi connectivity index (χ3v) is 4.56. The van der Waals surface area contributed by atoms with Gasteiger partial charge in [0.1, 0.15) is 24.3 Å². The van der Waals surface area contributed by atoms with E-state index in [0.717, 1.165) is 49.0 Å². The molecule has 3 rings (SSSR count). The first-order chi connectivity index (χ1) is 12.1. The van der Waals surface area contributed by atoms with Crippen LogP contribution < -0.4 is 9.64 Å². The summed E-state index contributed by atoms with van der Waals surface area (Å²) < 4.78 is 5.75. The normalized spacial score (nSPS) is 16.7. The number of aliphatic hydroxyl groups is 1. The van der Waals surface area contributed by atoms with Crippen LogP contribution in [0, 0.1) is 13.8 Å². The van der Waals surface area contributed by atoms with Crippen LogP contribution in [0.25, 0.3) is 0 Å². The number of benzene rings is 1. The van der Waals surface area contributed by atoms with Gasteiger partial charge in [-0.1, -0.05) is 24.3 Å². The summed E-state index contributed by atoms with van der Waals surface area (Å²) in [4.78, 5) is 9.19. The van der Waals surface area contributed by atoms with Crippen LogP contribution in [0.15, 0.2) is 42.5 Å². The van der Waals surface area contributed by atoms with Crippen LogP contribution in [0.3, 0.4) is 0 Å². The second kappa shape index (κ2) is 8.32. The van der Waals surface area contributed by atoms with Crippen molar-refractivity contribution in [3.8, 4) is 5.75 Å². The third-order valence-electron chi connectivity index (χ3n) is 4.56. The summed E-state index contributed by atoms with van der Waals surface area (Å²) in [5.41, 5.74) is 2.14. The minimum absolute atomic E-state index is 0.324. The van der Waals surface area contributed by atoms with Gasteiger partial charge in [-0.25, -0.2) is 4.98 Å². The molecule has 1 aliphatic heterocycles. The van der Waals surface area contributed by atoms with E-state index in [1.807, 2.05) is 44.2 Å². The molecular formula is C20H27N3O2. The fraction of sp³-hybridized carbons (Fsp3) is 0.450. The number of nitrogens with zero attached hydrogens (tertiary/aromatic N) is 3. The Kier molecular flexibility index (Phi) is 5.89. The highest BCUT2D eigenvalue weighted by molar-refractivity contribution is 5.39. The SMILES string of the molecule is Cc1cccc(N2CCN(CC(O)COc3ccccc3C)CC2)n1. The first-order valence-corrected chi connectivity index (χ1v) is 8.89. The number of pyridine rings is 1. The highest BCUT2D eigenvalue weighted by Crippen LogP contribution is 2.17. The Morgan fingerprint density at radius 1 is 1.04 bits per heavy atom. The van der Waals surface area contributed by atoms with Crippen LogP contribution in [0.5, 0.6) is 5.75 Å². The molecule has 0 saturated carbocycles. The van der Waals surface area contributed by atoms with Crippen molar-refractivity contribution in [1.29, 1.82) is 0 Å². The fourth-order valence-electron chi connectivity index (χ4n) is 3.12. The smallest absolute Gasteiger partial charge is 0.128 e. The lowest BCUT2D eigenvalue weighted by Gasteiger charge is -2.36. The molecule has 2 heterocycles. The predicted molar refractivity (Wildman–Crippen MR) is 100 cm³/mol. The predicted octanol–water partition coefficient (Wildman–Crippen LogP) is 2.26. The molecule has 1 aliphatic rings. The number of rotatable bonds is 6. The third kappa shape index (κ3) is 4.94. The Morgan fingerprint density at radius 2 is 1.80 bits per heavy atom. The first-order valence-electron chi connectivity index (χ1n) is 8.89. The molecule has 0 radical (unpaired) electrons. The van der Waals surface area contributed by atoms with E-state index in [1.54, 1.807) is 0 Å². The Labute approximate surface area is 149 Å². The summed E-state index contributed by atoms with van der Waals surface area (Å²) in [7, 11) is 0. The summed E-state index contributed by atoms with van der Waals surface area (Å²) in [6.45, 7) is 8.72. The largest absolute Gasteiger partial charge is 0.491 e. The molecule has 0 amide bonds. The van der Waals surface area contributed by atoms with E-state index < -0.39 is 6.10 Å². The number of aryl methyl sites for hydroxylation is 2. The van der Waals surface area contributed by atoms with Crippen LogP contribution in [0.4, 0.5) is 5.82 Å². The van der Waals surface area contributed by atoms with Gasteiger partial charge in [-0.2, -0.15) is 0 Å². The molecule has 5 nitrogen and oxygen atoms in total. The number of piperazine rings is 1. The molecule has 2 aromatic rings. The molecule has 0 aliphatic carbocycles. The van der Waals surface area contributed by atoms with Crippen LogP contribution in [0.1, 0.15) is 11.3 Å². The Hall–Kier alpha value is -2.11. The minimum Gasteiger partial charge on any atom is -0.491 e. The minimum atomic E-state index is -0.483. The second-order valence-electron chi connectivity index (χ2n) is 6.66. The zero-order chi connectivity index (χ0) is 17.6. The number of ether oxygens (including phenoxy) is 1. The van der Waals surface area contributed by atoms with Crippen molar-refractivity contribution in [2.75, 3.05) is 44.2 Å². The van der Waals surface area contributed by atoms with Crippen LogP contribution >= 0.6 is 0 Å². The number of hydrogen-bond donors (Lipinski definition) is 1. The van der Waals surface area contributed by atoms with Crippen molar-refractivity contribution in [2.45, 2.75) is 20.0 Å². The van der Waals surface area contributed by atoms with E-state index >= 15 is 0 Å². The van der Waals surface area contributed by atoms with Crippen molar-refractivity contribution in [3.05, 3.63) is 53.7 Å². The number of aromatic nitrogens is 1. The van der Waals surface area contributed by atoms with E-state index in [4.69, 9.17) is 4.74 Å². The molecule has 5 heteroatoms. The zero-order valence-electron chi connectivity index (χ0n) is 15.1. The van der Waals surface area contributed by atoms with E-state index in [-0.39, 0.29) is 0 Å². The second-order valence-corrected chi connectivity index (χ2v) is 6.66. The molecule has 1 fully saturated rings. The molecule has 25 heavy (non-hydrogen) atoms. The number of β-amino-alcohol motifs (C(OH)–C–C–N with tert-alkyl or cyclic N) is 1. The van der Waals surface area contributed by atoms with Gasteiger partial charge in [-0.3, -0.25) is 4.90 Å². The standard InChI is InChI=1S/C20H27N3O2/c1-16-6-3-4-8-19(16)25-15-18(24)14-22-10-12-23(13-11-22)20-9-5-7-17(2)21-20/h3-9,18,24H,10-15H2,1-2H3. The number of anilines is 1. The van der Waals surface area contributed by atoms with Gasteiger partial charge >= 0.3 is 0 Å². The lowest BCUT2D eigenvalue weighted by Crippen LogP contribution is -2.49. The van der Waals surface area contributed by atoms with Crippen molar-refractivity contribution in [2.24, 2.45) is 0 Å². The topological polar surface area (TPSA) is 48.8 Å². The molecule has 0 spiro atoms. The quantitative estimate of drug-likeness (QED) is 0.873. The van der Waals surface area contributed by atoms with Crippen molar-refractivity contribution < 1.29 is 9.84 Å². The lowest BCUT2D eigenvalue weighted by molar-refractivity contribution is 0.0660. The molecule has 1 saturated heterocycles. The van der Waals surface area contributed by atoms with Gasteiger partial charge in [0.2, 0.25) is 0 Å². The van der Waals surface area contributed by atoms with Crippen LogP contribution in [0.2, 0.25) is 0 Å². The maximum atomic E-state index is 10.3. The summed E-state index contributed by atoms with van der Waals surface area (Å²) in [5, 5.41) is 10.3. The molecule has 0 bridgehead atoms. The van der Waals surface area contributed by atoms with Gasteiger partial charge in [0.05, 0.1) is 0 Å². The van der Waals surface area contributed by atoms with Gasteiger partial charge in [0.25, 0.3) is 0 Å². The first kappa shape index (κ1) is 17.7. The fourth-order valence-corrected chi connectivity index (χ4v) is 3.12. The average molecular weight is 341 g/mol. The molecule has 1 unspecified atom stereocenters. The van der Waals surface area contributed by atoms with Gasteiger partial charge in [-0.05, 0) is 37.6 Å². The summed E-state index contributed by atoms with van der Waals surface area (Å²) in [6, 6.07) is 14.0. The molecular weight excluding hydrogens is 314 g/mol. The van der Waals surface area contributed by atoms with Crippen LogP contribution in [-0.2, 0) is 0 Å². The van der Waals surface area contributed by atoms with E-state index in [9.17, 15) is 5.11 Å². The molecule has 1 N–H and O–H groups in total. The van der Waals surface area contributed by atoms with Gasteiger partial charge in [0, 0.05) is 38.4 Å². The van der Waals surface area contributed by atoms with Crippen molar-refractivity contribution >= 4 is 5.82 Å². The zero-order valence-corrected chi connectivity index (χ0v) is 15.1. The average Bonchev–Trinajstić information content (AvgIpc) is 2.62.